The molecule has 2 aliphatic rings. The summed E-state index contributed by atoms with van der Waals surface area (Å²) in [6, 6.07) is 186. The molecule has 2 aliphatic carbocycles. The minimum atomic E-state index is -0.382. The van der Waals surface area contributed by atoms with Gasteiger partial charge >= 0.3 is 0 Å². The summed E-state index contributed by atoms with van der Waals surface area (Å²) in [5.41, 5.74) is 42.0. The van der Waals surface area contributed by atoms with Crippen LogP contribution in [0.2, 0.25) is 0 Å². The Morgan fingerprint density at radius 1 is 0.153 bits per heavy atom. The molecule has 0 radical (unpaired) electrons. The molecule has 144 heavy (non-hydrogen) atoms. The van der Waals surface area contributed by atoms with Gasteiger partial charge in [-0.3, -0.25) is 0 Å². The molecule has 23 aromatic carbocycles. The van der Waals surface area contributed by atoms with Gasteiger partial charge in [-0.2, -0.15) is 0 Å². The van der Waals surface area contributed by atoms with Crippen LogP contribution in [0.1, 0.15) is 49.9 Å². The summed E-state index contributed by atoms with van der Waals surface area (Å²) in [6.07, 6.45) is 0. The fraction of sp³-hybridized carbons (Fsp3) is 0.0435. The van der Waals surface area contributed by atoms with Gasteiger partial charge in [-0.15, -0.1) is 0 Å². The highest BCUT2D eigenvalue weighted by Crippen LogP contribution is 2.57. The molecular weight excluding hydrogens is 1740 g/mol. The van der Waals surface area contributed by atoms with E-state index in [1.807, 2.05) is 0 Å². The van der Waals surface area contributed by atoms with Crippen LogP contribution in [0.25, 0.3) is 220 Å². The van der Waals surface area contributed by atoms with Gasteiger partial charge in [0.2, 0.25) is 0 Å². The first-order valence-electron chi connectivity index (χ1n) is 50.2. The molecule has 0 atom stereocenters. The van der Waals surface area contributed by atoms with E-state index in [-0.39, 0.29) is 10.8 Å². The normalized spacial score (nSPS) is 13.0. The number of fused-ring (bicyclic) bond motifs is 21. The Kier molecular flexibility index (Phi) is 18.4. The van der Waals surface area contributed by atoms with Gasteiger partial charge in [0.1, 0.15) is 0 Å². The van der Waals surface area contributed by atoms with Crippen molar-refractivity contribution in [1.82, 2.24) is 18.3 Å². The number of anilines is 6. The van der Waals surface area contributed by atoms with Gasteiger partial charge in [0.05, 0.1) is 49.8 Å². The van der Waals surface area contributed by atoms with Gasteiger partial charge in [-0.05, 0) is 297 Å². The quantitative estimate of drug-likeness (QED) is 0.102. The van der Waals surface area contributed by atoms with Crippen LogP contribution < -0.4 is 9.80 Å². The zero-order chi connectivity index (χ0) is 95.3. The van der Waals surface area contributed by atoms with E-state index < -0.39 is 0 Å². The first-order chi connectivity index (χ1) is 70.9. The molecule has 27 aromatic rings. The fourth-order valence-electron chi connectivity index (χ4n) is 24.9. The number of hydrogen-bond donors (Lipinski definition) is 0. The highest BCUT2D eigenvalue weighted by Gasteiger charge is 2.40. The molecule has 6 nitrogen and oxygen atoms in total. The number of nitrogens with zero attached hydrogens (tertiary/aromatic N) is 6. The summed E-state index contributed by atoms with van der Waals surface area (Å²) in [7, 11) is 0. The van der Waals surface area contributed by atoms with Crippen LogP contribution in [0.3, 0.4) is 0 Å². The van der Waals surface area contributed by atoms with Crippen molar-refractivity contribution in [2.24, 2.45) is 0 Å². The van der Waals surface area contributed by atoms with Crippen molar-refractivity contribution in [2.75, 3.05) is 9.80 Å². The molecule has 676 valence electrons. The molecule has 0 bridgehead atoms. The average molecular weight is 1840 g/mol. The van der Waals surface area contributed by atoms with E-state index in [9.17, 15) is 0 Å². The van der Waals surface area contributed by atoms with Gasteiger partial charge in [-0.1, -0.05) is 355 Å². The lowest BCUT2D eigenvalue weighted by molar-refractivity contribution is 0.660. The molecule has 0 aliphatic heterocycles. The zero-order valence-electron chi connectivity index (χ0n) is 80.0. The van der Waals surface area contributed by atoms with E-state index in [0.29, 0.717) is 0 Å². The number of aromatic nitrogens is 4. The Hall–Kier alpha value is -18.4. The third-order valence-electron chi connectivity index (χ3n) is 31.8. The van der Waals surface area contributed by atoms with E-state index in [2.05, 4.69) is 553 Å². The van der Waals surface area contributed by atoms with Crippen LogP contribution >= 0.6 is 0 Å². The summed E-state index contributed by atoms with van der Waals surface area (Å²) in [4.78, 5) is 4.96. The minimum absolute atomic E-state index is 0.318. The first-order valence-corrected chi connectivity index (χ1v) is 50.2. The molecule has 0 N–H and O–H groups in total. The van der Waals surface area contributed by atoms with Crippen molar-refractivity contribution >= 4 is 154 Å². The van der Waals surface area contributed by atoms with Crippen molar-refractivity contribution in [3.63, 3.8) is 0 Å². The minimum Gasteiger partial charge on any atom is -0.310 e. The molecule has 0 fully saturated rings. The Morgan fingerprint density at radius 2 is 0.451 bits per heavy atom. The lowest BCUT2D eigenvalue weighted by Gasteiger charge is -2.29. The monoisotopic (exact) mass is 1830 g/mol. The Balaban J connectivity index is 0.500. The SMILES string of the molecule is CC1(C)c2cc(N(c3ccc(-c4ccc5c6ccccc6n(-c6ccccc6)c5c4)cc3)c3ccc(-c4cccc5c(-c6ccc7c(c6)c6ccccc6n7-c6ccc7c(c6)C(C)(C)c6cc(N(c8ccc(-c9cccc%10ccccc9%10)cc8)c8ccc(-c9ccc%10c%11ccccc%11n(-c%11ccccc%11)c%10c9)c9ccccc89)ccc6-7)cccc45)cc3)ccc2-c2ccc(-n3c4ccccc4c4ccccc43)cc21. The Labute approximate surface area is 834 Å². The van der Waals surface area contributed by atoms with Crippen molar-refractivity contribution in [1.29, 1.82) is 0 Å². The fourth-order valence-corrected chi connectivity index (χ4v) is 24.9. The summed E-state index contributed by atoms with van der Waals surface area (Å²) < 4.78 is 9.78. The van der Waals surface area contributed by atoms with Crippen LogP contribution in [-0.2, 0) is 10.8 Å². The van der Waals surface area contributed by atoms with Crippen molar-refractivity contribution in [3.8, 4) is 101 Å². The topological polar surface area (TPSA) is 26.2 Å². The Morgan fingerprint density at radius 3 is 0.951 bits per heavy atom. The maximum Gasteiger partial charge on any atom is 0.0547 e. The third kappa shape index (κ3) is 12.7. The lowest BCUT2D eigenvalue weighted by atomic mass is 9.82. The van der Waals surface area contributed by atoms with Gasteiger partial charge in [0.15, 0.2) is 0 Å². The van der Waals surface area contributed by atoms with Crippen molar-refractivity contribution in [2.45, 2.75) is 38.5 Å². The molecule has 4 aromatic heterocycles. The molecule has 0 saturated heterocycles. The van der Waals surface area contributed by atoms with Crippen molar-refractivity contribution in [3.05, 3.63) is 520 Å². The molecular formula is C138H94N6. The van der Waals surface area contributed by atoms with E-state index >= 15 is 0 Å². The van der Waals surface area contributed by atoms with Gasteiger partial charge in [0.25, 0.3) is 0 Å². The number of para-hydroxylation sites is 7. The second kappa shape index (κ2) is 32.1. The van der Waals surface area contributed by atoms with E-state index in [1.54, 1.807) is 0 Å². The van der Waals surface area contributed by atoms with Crippen LogP contribution in [0.4, 0.5) is 34.1 Å². The summed E-state index contributed by atoms with van der Waals surface area (Å²) >= 11 is 0. The molecule has 4 heterocycles. The third-order valence-corrected chi connectivity index (χ3v) is 31.8. The van der Waals surface area contributed by atoms with E-state index in [0.717, 1.165) is 73.4 Å². The summed E-state index contributed by atoms with van der Waals surface area (Å²) in [6.45, 7) is 9.67. The Bertz CT molecular complexity index is 9960. The van der Waals surface area contributed by atoms with Crippen LogP contribution in [0, 0.1) is 0 Å². The zero-order valence-corrected chi connectivity index (χ0v) is 80.0. The maximum absolute atomic E-state index is 2.50. The number of rotatable bonds is 15. The number of benzene rings is 23. The smallest absolute Gasteiger partial charge is 0.0547 e. The number of hydrogen-bond acceptors (Lipinski definition) is 2. The van der Waals surface area contributed by atoms with Crippen molar-refractivity contribution < 1.29 is 0 Å². The predicted molar refractivity (Wildman–Crippen MR) is 608 cm³/mol. The lowest BCUT2D eigenvalue weighted by Crippen LogP contribution is -2.17. The second-order valence-electron chi connectivity index (χ2n) is 40.2. The van der Waals surface area contributed by atoms with E-state index in [4.69, 9.17) is 0 Å². The molecule has 0 spiro atoms. The largest absolute Gasteiger partial charge is 0.310 e. The standard InChI is InChI=1S/C138H94N6/c1-137(2)124-83-99(67-73-111(124)113-75-69-101(85-126(113)137)143-130-49-22-15-37-116(130)117-38-16-23-50-131(117)143)139(96-61-52-87(53-62-96)91-58-71-121-118-39-17-20-47-128(118)141(135(121)81-91)94-30-7-5-8-31-94)97-63-54-90(55-64-97)105-43-26-46-109-106(44-27-45-108(105)109)92-60-78-134-123(80-92)120-41-19-24-51-132(120)144(134)102-70-76-114-112-74-68-100(84-125(112)138(3,4)127(114)86-102)140(98-65-56-89(57-66-98)104-42-25-29-88-28-11-12-34-103(88)104)133-79-77-107(110-35-13-14-36-115(110)133)93-59-72-122-119-40-18-21-48-129(119)142(136(122)82-93)95-32-9-6-10-33-95/h5-86H,1-4H3. The summed E-state index contributed by atoms with van der Waals surface area (Å²) in [5, 5.41) is 17.1. The van der Waals surface area contributed by atoms with Crippen LogP contribution in [-0.4, -0.2) is 18.3 Å². The van der Waals surface area contributed by atoms with E-state index in [1.165, 1.54) is 203 Å². The maximum atomic E-state index is 2.50. The van der Waals surface area contributed by atoms with Crippen LogP contribution in [0.5, 0.6) is 0 Å². The van der Waals surface area contributed by atoms with Gasteiger partial charge in [0, 0.05) is 110 Å². The first kappa shape index (κ1) is 82.7. The second-order valence-corrected chi connectivity index (χ2v) is 40.2. The molecule has 29 rings (SSSR count). The highest BCUT2D eigenvalue weighted by molar-refractivity contribution is 6.17. The van der Waals surface area contributed by atoms with Gasteiger partial charge in [-0.25, -0.2) is 0 Å². The predicted octanol–water partition coefficient (Wildman–Crippen LogP) is 37.4. The van der Waals surface area contributed by atoms with Gasteiger partial charge < -0.3 is 28.1 Å². The molecule has 0 amide bonds. The average Bonchev–Trinajstić information content (AvgIpc) is 1.56. The highest BCUT2D eigenvalue weighted by atomic mass is 15.2. The molecule has 6 heteroatoms. The van der Waals surface area contributed by atoms with Crippen LogP contribution in [0.15, 0.2) is 497 Å². The molecule has 0 saturated carbocycles. The molecule has 0 unspecified atom stereocenters. The summed E-state index contributed by atoms with van der Waals surface area (Å²) in [5.74, 6) is 0.